The zero-order valence-corrected chi connectivity index (χ0v) is 12.9. The Kier molecular flexibility index (Phi) is 20.7. The molecule has 0 aliphatic carbocycles. The molecule has 0 aliphatic heterocycles. The molecule has 1 atom stereocenters. The molecule has 0 bridgehead atoms. The van der Waals surface area contributed by atoms with Gasteiger partial charge >= 0.3 is 0 Å². The largest absolute Gasteiger partial charge is 0.394 e. The molecule has 0 saturated carbocycles. The highest BCUT2D eigenvalue weighted by Crippen LogP contribution is 1.97. The monoisotopic (exact) mass is 329 g/mol. The van der Waals surface area contributed by atoms with Crippen molar-refractivity contribution >= 4 is 0 Å². The molecule has 0 saturated heterocycles. The molecule has 0 radical (unpaired) electrons. The Morgan fingerprint density at radius 3 is 2.17 bits per heavy atom. The first-order valence-corrected chi connectivity index (χ1v) is 6.90. The molecule has 0 amide bonds. The molecule has 0 aromatic carbocycles. The van der Waals surface area contributed by atoms with Gasteiger partial charge in [0, 0.05) is 0 Å². The van der Waals surface area contributed by atoms with Gasteiger partial charge in [0.2, 0.25) is 6.54 Å². The molecule has 0 aromatic heterocycles. The van der Waals surface area contributed by atoms with Gasteiger partial charge in [0.1, 0.15) is 25.4 Å². The van der Waals surface area contributed by atoms with E-state index in [-0.39, 0.29) is 32.5 Å². The van der Waals surface area contributed by atoms with Crippen molar-refractivity contribution in [2.45, 2.75) is 18.6 Å². The minimum Gasteiger partial charge on any atom is -0.394 e. The maximum atomic E-state index is 8.37. The number of hydrogen-bond donors (Lipinski definition) is 3. The molecule has 23 heavy (non-hydrogen) atoms. The topological polar surface area (TPSA) is 140 Å². The lowest BCUT2D eigenvalue weighted by Gasteiger charge is -2.16. The smallest absolute Gasteiger partial charge is 0.237 e. The summed E-state index contributed by atoms with van der Waals surface area (Å²) in [5, 5.41) is 40.7. The third-order valence-electron chi connectivity index (χ3n) is 2.11. The lowest BCUT2D eigenvalue weighted by molar-refractivity contribution is -0.0522. The molecule has 9 heteroatoms. The highest BCUT2D eigenvalue weighted by atomic mass is 16.6. The van der Waals surface area contributed by atoms with E-state index in [2.05, 4.69) is 4.85 Å². The van der Waals surface area contributed by atoms with Crippen LogP contribution in [0.25, 0.3) is 4.85 Å². The van der Waals surface area contributed by atoms with Crippen molar-refractivity contribution < 1.29 is 29.5 Å². The van der Waals surface area contributed by atoms with Crippen molar-refractivity contribution in [2.75, 3.05) is 52.8 Å². The van der Waals surface area contributed by atoms with Gasteiger partial charge in [-0.3, -0.25) is 0 Å². The molecule has 130 valence electrons. The predicted molar refractivity (Wildman–Crippen MR) is 78.9 cm³/mol. The quantitative estimate of drug-likeness (QED) is 0.309. The van der Waals surface area contributed by atoms with E-state index in [4.69, 9.17) is 46.6 Å². The van der Waals surface area contributed by atoms with E-state index in [9.17, 15) is 0 Å². The fourth-order valence-corrected chi connectivity index (χ4v) is 1.03. The van der Waals surface area contributed by atoms with E-state index in [0.29, 0.717) is 32.8 Å². The van der Waals surface area contributed by atoms with Gasteiger partial charge in [0.25, 0.3) is 0 Å². The lowest BCUT2D eigenvalue weighted by atomic mass is 10.4. The van der Waals surface area contributed by atoms with E-state index in [1.807, 2.05) is 12.1 Å². The van der Waals surface area contributed by atoms with E-state index >= 15 is 0 Å². The summed E-state index contributed by atoms with van der Waals surface area (Å²) in [6.45, 7) is 7.36. The van der Waals surface area contributed by atoms with Crippen LogP contribution in [0.3, 0.4) is 0 Å². The Morgan fingerprint density at radius 1 is 1.04 bits per heavy atom. The van der Waals surface area contributed by atoms with Crippen LogP contribution in [0.1, 0.15) is 6.42 Å². The van der Waals surface area contributed by atoms with Gasteiger partial charge in [-0.25, -0.2) is 6.57 Å². The molecule has 1 unspecified atom stereocenters. The van der Waals surface area contributed by atoms with Gasteiger partial charge < -0.3 is 34.4 Å². The van der Waals surface area contributed by atoms with E-state index in [1.54, 1.807) is 0 Å². The number of ether oxygens (including phenoxy) is 3. The van der Waals surface area contributed by atoms with Gasteiger partial charge in [-0.05, 0) is 0 Å². The van der Waals surface area contributed by atoms with Crippen molar-refractivity contribution in [1.29, 1.82) is 10.5 Å². The standard InChI is InChI=1S/C11H15N3O3.C3H8O3/c1-14-5-8-16-10-11(9-15-7-4-13)17-6-2-3-12;4-1-3(6)2-5/h11H,2,5-10H2;3-6H,1-2H2. The summed E-state index contributed by atoms with van der Waals surface area (Å²) in [5.41, 5.74) is 0. The summed E-state index contributed by atoms with van der Waals surface area (Å²) >= 11 is 0. The number of hydrogen-bond acceptors (Lipinski definition) is 8. The molecular formula is C14H23N3O6. The highest BCUT2D eigenvalue weighted by molar-refractivity contribution is 4.70. The summed E-state index contributed by atoms with van der Waals surface area (Å²) in [5.74, 6) is 0. The van der Waals surface area contributed by atoms with Crippen LogP contribution < -0.4 is 0 Å². The van der Waals surface area contributed by atoms with Crippen LogP contribution >= 0.6 is 0 Å². The normalized spacial score (nSPS) is 10.8. The summed E-state index contributed by atoms with van der Waals surface area (Å²) in [6.07, 6.45) is -0.955. The Balaban J connectivity index is 0. The second-order valence-corrected chi connectivity index (χ2v) is 4.05. The summed E-state index contributed by atoms with van der Waals surface area (Å²) in [7, 11) is 0. The first kappa shape index (κ1) is 23.5. The van der Waals surface area contributed by atoms with Crippen molar-refractivity contribution in [3.05, 3.63) is 11.4 Å². The maximum Gasteiger partial charge on any atom is 0.237 e. The SMILES string of the molecule is OCC(O)CO.[C-]#[N+]CCOCC(COCC#N)OCCC#N. The first-order chi connectivity index (χ1) is 11.2. The number of aliphatic hydroxyl groups excluding tert-OH is 3. The van der Waals surface area contributed by atoms with Crippen LogP contribution in [0.4, 0.5) is 0 Å². The maximum absolute atomic E-state index is 8.37. The Labute approximate surface area is 136 Å². The van der Waals surface area contributed by atoms with E-state index < -0.39 is 6.10 Å². The molecule has 9 nitrogen and oxygen atoms in total. The van der Waals surface area contributed by atoms with Gasteiger partial charge in [-0.2, -0.15) is 10.5 Å². The van der Waals surface area contributed by atoms with Gasteiger partial charge in [-0.1, -0.05) is 0 Å². The average molecular weight is 329 g/mol. The van der Waals surface area contributed by atoms with Gasteiger partial charge in [0.15, 0.2) is 0 Å². The molecule has 0 heterocycles. The van der Waals surface area contributed by atoms with E-state index in [1.165, 1.54) is 0 Å². The Morgan fingerprint density at radius 2 is 1.70 bits per heavy atom. The molecule has 0 aromatic rings. The molecule has 0 fully saturated rings. The number of rotatable bonds is 12. The van der Waals surface area contributed by atoms with Crippen LogP contribution in [-0.4, -0.2) is 80.3 Å². The predicted octanol–water partition coefficient (Wildman–Crippen LogP) is -0.907. The number of aliphatic hydroxyl groups is 3. The average Bonchev–Trinajstić information content (AvgIpc) is 2.58. The lowest BCUT2D eigenvalue weighted by Crippen LogP contribution is -2.26. The van der Waals surface area contributed by atoms with Gasteiger partial charge in [0.05, 0.1) is 51.6 Å². The van der Waals surface area contributed by atoms with Crippen LogP contribution in [0.15, 0.2) is 0 Å². The Bertz CT molecular complexity index is 350. The van der Waals surface area contributed by atoms with Crippen LogP contribution in [0, 0.1) is 29.2 Å². The number of nitrogens with zero attached hydrogens (tertiary/aromatic N) is 3. The third kappa shape index (κ3) is 20.2. The molecule has 3 N–H and O–H groups in total. The summed E-state index contributed by atoms with van der Waals surface area (Å²) in [4.78, 5) is 3.15. The van der Waals surface area contributed by atoms with Crippen LogP contribution in [0.2, 0.25) is 0 Å². The zero-order chi connectivity index (χ0) is 17.8. The molecule has 0 spiro atoms. The Hall–Kier alpha value is -1.77. The van der Waals surface area contributed by atoms with Gasteiger partial charge in [-0.15, -0.1) is 0 Å². The molecule has 0 aliphatic rings. The third-order valence-corrected chi connectivity index (χ3v) is 2.11. The summed E-state index contributed by atoms with van der Waals surface area (Å²) < 4.78 is 15.6. The van der Waals surface area contributed by atoms with Crippen LogP contribution in [-0.2, 0) is 14.2 Å². The fourth-order valence-electron chi connectivity index (χ4n) is 1.03. The van der Waals surface area contributed by atoms with Crippen molar-refractivity contribution in [3.8, 4) is 12.1 Å². The molecule has 0 rings (SSSR count). The highest BCUT2D eigenvalue weighted by Gasteiger charge is 2.10. The van der Waals surface area contributed by atoms with Crippen molar-refractivity contribution in [3.63, 3.8) is 0 Å². The fraction of sp³-hybridized carbons (Fsp3) is 0.786. The first-order valence-electron chi connectivity index (χ1n) is 6.90. The number of nitriles is 2. The molecular weight excluding hydrogens is 306 g/mol. The van der Waals surface area contributed by atoms with E-state index in [0.717, 1.165) is 0 Å². The van der Waals surface area contributed by atoms with Crippen molar-refractivity contribution in [2.24, 2.45) is 0 Å². The van der Waals surface area contributed by atoms with Crippen LogP contribution in [0.5, 0.6) is 0 Å². The van der Waals surface area contributed by atoms with Crippen molar-refractivity contribution in [1.82, 2.24) is 0 Å². The summed E-state index contributed by atoms with van der Waals surface area (Å²) in [6, 6.07) is 3.82. The second-order valence-electron chi connectivity index (χ2n) is 4.05. The zero-order valence-electron chi connectivity index (χ0n) is 12.9. The minimum atomic E-state index is -0.954. The second kappa shape index (κ2) is 20.2. The minimum absolute atomic E-state index is 0.000162.